The number of carbonyl (C=O) groups excluding carboxylic acids is 1. The number of ether oxygens (including phenoxy) is 1. The Morgan fingerprint density at radius 1 is 1.36 bits per heavy atom. The quantitative estimate of drug-likeness (QED) is 0.436. The standard InChI is InChI=1S/C18H22FN5O4/c1-18(2,3)28-14(25)10-23(4)17-15(24(26)27)16(21-11-22-17)20-9-12-6-5-7-13(19)8-12/h5-8,11H,9-10H2,1-4H3,(H,20,21,22). The topological polar surface area (TPSA) is 110 Å². The number of benzene rings is 1. The van der Waals surface area contributed by atoms with Crippen LogP contribution in [0.1, 0.15) is 26.3 Å². The molecule has 0 aliphatic carbocycles. The highest BCUT2D eigenvalue weighted by molar-refractivity contribution is 5.78. The van der Waals surface area contributed by atoms with Gasteiger partial charge in [-0.25, -0.2) is 14.4 Å². The molecule has 0 bridgehead atoms. The summed E-state index contributed by atoms with van der Waals surface area (Å²) in [7, 11) is 1.50. The van der Waals surface area contributed by atoms with Crippen LogP contribution in [0.5, 0.6) is 0 Å². The lowest BCUT2D eigenvalue weighted by Crippen LogP contribution is -2.33. The second kappa shape index (κ2) is 8.59. The first-order valence-corrected chi connectivity index (χ1v) is 8.47. The van der Waals surface area contributed by atoms with E-state index in [1.165, 1.54) is 24.1 Å². The number of carbonyl (C=O) groups is 1. The van der Waals surface area contributed by atoms with Gasteiger partial charge in [0.15, 0.2) is 0 Å². The zero-order valence-electron chi connectivity index (χ0n) is 16.1. The molecule has 1 heterocycles. The van der Waals surface area contributed by atoms with Gasteiger partial charge in [-0.3, -0.25) is 14.9 Å². The van der Waals surface area contributed by atoms with Crippen LogP contribution >= 0.6 is 0 Å². The molecule has 0 saturated carbocycles. The van der Waals surface area contributed by atoms with E-state index in [0.717, 1.165) is 6.33 Å². The number of esters is 1. The largest absolute Gasteiger partial charge is 0.459 e. The Bertz CT molecular complexity index is 869. The van der Waals surface area contributed by atoms with E-state index in [-0.39, 0.29) is 30.4 Å². The molecule has 1 aromatic heterocycles. The monoisotopic (exact) mass is 391 g/mol. The second-order valence-corrected chi connectivity index (χ2v) is 7.08. The number of halogens is 1. The van der Waals surface area contributed by atoms with E-state index in [9.17, 15) is 19.3 Å². The third kappa shape index (κ3) is 5.86. The van der Waals surface area contributed by atoms with Gasteiger partial charge in [-0.2, -0.15) is 0 Å². The number of hydrogen-bond acceptors (Lipinski definition) is 8. The van der Waals surface area contributed by atoms with Crippen molar-refractivity contribution in [3.8, 4) is 0 Å². The summed E-state index contributed by atoms with van der Waals surface area (Å²) in [5.74, 6) is -1.02. The Balaban J connectivity index is 2.22. The highest BCUT2D eigenvalue weighted by atomic mass is 19.1. The van der Waals surface area contributed by atoms with Gasteiger partial charge in [-0.1, -0.05) is 12.1 Å². The molecule has 0 aliphatic heterocycles. The maximum atomic E-state index is 13.3. The van der Waals surface area contributed by atoms with Gasteiger partial charge in [0.1, 0.15) is 24.3 Å². The first-order chi connectivity index (χ1) is 13.1. The molecular formula is C18H22FN5O4. The molecular weight excluding hydrogens is 369 g/mol. The van der Waals surface area contributed by atoms with E-state index < -0.39 is 22.3 Å². The van der Waals surface area contributed by atoms with E-state index in [1.54, 1.807) is 32.9 Å². The molecule has 10 heteroatoms. The first kappa shape index (κ1) is 21.0. The highest BCUT2D eigenvalue weighted by Gasteiger charge is 2.27. The van der Waals surface area contributed by atoms with Gasteiger partial charge in [0.2, 0.25) is 11.6 Å². The molecule has 0 aliphatic rings. The summed E-state index contributed by atoms with van der Waals surface area (Å²) in [6.07, 6.45) is 1.15. The number of rotatable bonds is 7. The highest BCUT2D eigenvalue weighted by Crippen LogP contribution is 2.31. The van der Waals surface area contributed by atoms with Gasteiger partial charge in [-0.15, -0.1) is 0 Å². The Hall–Kier alpha value is -3.30. The van der Waals surface area contributed by atoms with E-state index >= 15 is 0 Å². The van der Waals surface area contributed by atoms with Gasteiger partial charge in [0.25, 0.3) is 0 Å². The third-order valence-electron chi connectivity index (χ3n) is 3.48. The Morgan fingerprint density at radius 2 is 2.07 bits per heavy atom. The van der Waals surface area contributed by atoms with E-state index in [0.29, 0.717) is 5.56 Å². The maximum absolute atomic E-state index is 13.3. The van der Waals surface area contributed by atoms with Crippen molar-refractivity contribution in [3.63, 3.8) is 0 Å². The molecule has 0 amide bonds. The Kier molecular flexibility index (Phi) is 6.45. The molecule has 28 heavy (non-hydrogen) atoms. The maximum Gasteiger partial charge on any atom is 0.353 e. The SMILES string of the molecule is CN(CC(=O)OC(C)(C)C)c1ncnc(NCc2cccc(F)c2)c1[N+](=O)[O-]. The molecule has 0 radical (unpaired) electrons. The third-order valence-corrected chi connectivity index (χ3v) is 3.48. The Morgan fingerprint density at radius 3 is 2.68 bits per heavy atom. The summed E-state index contributed by atoms with van der Waals surface area (Å²) in [5, 5.41) is 14.4. The molecule has 0 fully saturated rings. The lowest BCUT2D eigenvalue weighted by Gasteiger charge is -2.23. The molecule has 150 valence electrons. The molecule has 0 unspecified atom stereocenters. The van der Waals surface area contributed by atoms with Crippen LogP contribution in [0.25, 0.3) is 0 Å². The summed E-state index contributed by atoms with van der Waals surface area (Å²) < 4.78 is 18.5. The molecule has 2 rings (SSSR count). The van der Waals surface area contributed by atoms with Crippen LogP contribution in [-0.2, 0) is 16.1 Å². The summed E-state index contributed by atoms with van der Waals surface area (Å²) in [5.41, 5.74) is -0.464. The van der Waals surface area contributed by atoms with Crippen molar-refractivity contribution < 1.29 is 18.8 Å². The van der Waals surface area contributed by atoms with Crippen LogP contribution in [0.3, 0.4) is 0 Å². The molecule has 0 spiro atoms. The molecule has 0 atom stereocenters. The number of anilines is 2. The predicted octanol–water partition coefficient (Wildman–Crippen LogP) is 2.91. The average molecular weight is 391 g/mol. The van der Waals surface area contributed by atoms with Gasteiger partial charge in [0, 0.05) is 13.6 Å². The normalized spacial score (nSPS) is 11.0. The number of aromatic nitrogens is 2. The van der Waals surface area contributed by atoms with Crippen molar-refractivity contribution in [1.82, 2.24) is 9.97 Å². The number of nitrogens with zero attached hydrogens (tertiary/aromatic N) is 4. The van der Waals surface area contributed by atoms with Crippen molar-refractivity contribution in [1.29, 1.82) is 0 Å². The lowest BCUT2D eigenvalue weighted by atomic mass is 10.2. The van der Waals surface area contributed by atoms with Crippen LogP contribution in [0.15, 0.2) is 30.6 Å². The minimum absolute atomic E-state index is 0.0321. The van der Waals surface area contributed by atoms with Gasteiger partial charge in [0.05, 0.1) is 4.92 Å². The van der Waals surface area contributed by atoms with Crippen LogP contribution in [0.4, 0.5) is 21.7 Å². The zero-order chi connectivity index (χ0) is 20.9. The van der Waals surface area contributed by atoms with Crippen LogP contribution in [-0.4, -0.2) is 40.1 Å². The summed E-state index contributed by atoms with van der Waals surface area (Å²) >= 11 is 0. The van der Waals surface area contributed by atoms with Crippen molar-refractivity contribution in [3.05, 3.63) is 52.1 Å². The number of nitrogens with one attached hydrogen (secondary N) is 1. The number of likely N-dealkylation sites (N-methyl/N-ethyl adjacent to an activating group) is 1. The fraction of sp³-hybridized carbons (Fsp3) is 0.389. The molecule has 9 nitrogen and oxygen atoms in total. The van der Waals surface area contributed by atoms with Crippen molar-refractivity contribution in [2.24, 2.45) is 0 Å². The van der Waals surface area contributed by atoms with E-state index in [1.807, 2.05) is 0 Å². The number of nitro groups is 1. The van der Waals surface area contributed by atoms with Crippen LogP contribution < -0.4 is 10.2 Å². The van der Waals surface area contributed by atoms with Gasteiger partial charge in [-0.05, 0) is 38.5 Å². The molecule has 0 saturated heterocycles. The summed E-state index contributed by atoms with van der Waals surface area (Å²) in [6, 6.07) is 5.84. The van der Waals surface area contributed by atoms with E-state index in [2.05, 4.69) is 15.3 Å². The van der Waals surface area contributed by atoms with Crippen molar-refractivity contribution in [2.45, 2.75) is 32.9 Å². The lowest BCUT2D eigenvalue weighted by molar-refractivity contribution is -0.383. The van der Waals surface area contributed by atoms with Crippen molar-refractivity contribution in [2.75, 3.05) is 23.8 Å². The first-order valence-electron chi connectivity index (χ1n) is 8.47. The minimum Gasteiger partial charge on any atom is -0.459 e. The fourth-order valence-electron chi connectivity index (χ4n) is 2.42. The second-order valence-electron chi connectivity index (χ2n) is 7.08. The summed E-state index contributed by atoms with van der Waals surface area (Å²) in [6.45, 7) is 5.09. The average Bonchev–Trinajstić information content (AvgIpc) is 2.57. The van der Waals surface area contributed by atoms with E-state index in [4.69, 9.17) is 4.74 Å². The van der Waals surface area contributed by atoms with Crippen LogP contribution in [0, 0.1) is 15.9 Å². The molecule has 1 N–H and O–H groups in total. The number of hydrogen-bond donors (Lipinski definition) is 1. The minimum atomic E-state index is -0.673. The Labute approximate surface area is 161 Å². The van der Waals surface area contributed by atoms with Crippen LogP contribution in [0.2, 0.25) is 0 Å². The molecule has 1 aromatic carbocycles. The summed E-state index contributed by atoms with van der Waals surface area (Å²) in [4.78, 5) is 32.2. The van der Waals surface area contributed by atoms with Gasteiger partial charge >= 0.3 is 11.7 Å². The smallest absolute Gasteiger partial charge is 0.353 e. The molecule has 2 aromatic rings. The van der Waals surface area contributed by atoms with Crippen molar-refractivity contribution >= 4 is 23.3 Å². The fourth-order valence-corrected chi connectivity index (χ4v) is 2.42. The predicted molar refractivity (Wildman–Crippen MR) is 102 cm³/mol. The zero-order valence-corrected chi connectivity index (χ0v) is 16.1. The van der Waals surface area contributed by atoms with Gasteiger partial charge < -0.3 is 15.0 Å².